The molecule has 0 aromatic carbocycles. The van der Waals surface area contributed by atoms with Crippen molar-refractivity contribution in [3.63, 3.8) is 0 Å². The molecular weight excluding hydrogens is 462 g/mol. The van der Waals surface area contributed by atoms with Gasteiger partial charge in [0.1, 0.15) is 5.00 Å². The first-order valence-electron chi connectivity index (χ1n) is 13.7. The highest BCUT2D eigenvalue weighted by Crippen LogP contribution is 2.38. The molecule has 35 heavy (non-hydrogen) atoms. The van der Waals surface area contributed by atoms with Crippen LogP contribution in [0, 0.1) is 5.92 Å². The van der Waals surface area contributed by atoms with Crippen molar-refractivity contribution in [2.75, 3.05) is 31.6 Å². The first kappa shape index (κ1) is 27.5. The number of esters is 1. The summed E-state index contributed by atoms with van der Waals surface area (Å²) in [6.45, 7) is 6.44. The summed E-state index contributed by atoms with van der Waals surface area (Å²) in [4.78, 5) is 40.9. The van der Waals surface area contributed by atoms with E-state index in [4.69, 9.17) is 4.74 Å². The number of carbonyl (C=O) groups is 3. The van der Waals surface area contributed by atoms with E-state index in [1.165, 1.54) is 41.9 Å². The first-order valence-corrected chi connectivity index (χ1v) is 14.5. The number of thiophene rings is 1. The Morgan fingerprint density at radius 3 is 2.46 bits per heavy atom. The predicted molar refractivity (Wildman–Crippen MR) is 141 cm³/mol. The Balaban J connectivity index is 1.40. The largest absolute Gasteiger partial charge is 0.462 e. The van der Waals surface area contributed by atoms with Crippen LogP contribution in [0.25, 0.3) is 0 Å². The zero-order valence-corrected chi connectivity index (χ0v) is 22.4. The molecule has 0 spiro atoms. The van der Waals surface area contributed by atoms with E-state index in [1.54, 1.807) is 6.92 Å². The minimum Gasteiger partial charge on any atom is -0.462 e. The number of piperidine rings is 1. The van der Waals surface area contributed by atoms with Gasteiger partial charge in [0.05, 0.1) is 12.2 Å². The van der Waals surface area contributed by atoms with Crippen LogP contribution < -0.4 is 10.6 Å². The van der Waals surface area contributed by atoms with Crippen LogP contribution in [0.1, 0.15) is 105 Å². The molecule has 1 aromatic rings. The van der Waals surface area contributed by atoms with Crippen LogP contribution in [0.5, 0.6) is 0 Å². The zero-order chi connectivity index (χ0) is 25.0. The SMILES string of the molecule is CCCCCCCCC(=O)N1CCC(CNC(=O)Nc2sc3c(c2C(=O)OCC)CCCC3)CC1. The summed E-state index contributed by atoms with van der Waals surface area (Å²) in [5.74, 6) is 0.290. The maximum Gasteiger partial charge on any atom is 0.341 e. The normalized spacial score (nSPS) is 16.0. The van der Waals surface area contributed by atoms with Gasteiger partial charge in [-0.1, -0.05) is 39.0 Å². The van der Waals surface area contributed by atoms with Crippen LogP contribution in [0.15, 0.2) is 0 Å². The fourth-order valence-corrected chi connectivity index (χ4v) is 6.33. The van der Waals surface area contributed by atoms with Crippen molar-refractivity contribution in [3.8, 4) is 0 Å². The third-order valence-corrected chi connectivity index (χ3v) is 8.35. The van der Waals surface area contributed by atoms with Crippen LogP contribution in [0.2, 0.25) is 0 Å². The average molecular weight is 506 g/mol. The van der Waals surface area contributed by atoms with Gasteiger partial charge in [-0.15, -0.1) is 11.3 Å². The number of hydrogen-bond donors (Lipinski definition) is 2. The second-order valence-corrected chi connectivity index (χ2v) is 10.9. The van der Waals surface area contributed by atoms with E-state index < -0.39 is 0 Å². The number of anilines is 1. The summed E-state index contributed by atoms with van der Waals surface area (Å²) in [6, 6.07) is -0.282. The molecule has 2 N–H and O–H groups in total. The van der Waals surface area contributed by atoms with Crippen molar-refractivity contribution in [1.29, 1.82) is 0 Å². The molecule has 7 nitrogen and oxygen atoms in total. The number of ether oxygens (including phenoxy) is 1. The second-order valence-electron chi connectivity index (χ2n) is 9.81. The fourth-order valence-electron chi connectivity index (χ4n) is 5.06. The smallest absolute Gasteiger partial charge is 0.341 e. The Morgan fingerprint density at radius 1 is 1.00 bits per heavy atom. The van der Waals surface area contributed by atoms with E-state index in [2.05, 4.69) is 17.6 Å². The summed E-state index contributed by atoms with van der Waals surface area (Å²) in [5.41, 5.74) is 1.59. The summed E-state index contributed by atoms with van der Waals surface area (Å²) in [6.07, 6.45) is 13.6. The molecule has 0 bridgehead atoms. The summed E-state index contributed by atoms with van der Waals surface area (Å²) >= 11 is 1.50. The highest BCUT2D eigenvalue weighted by molar-refractivity contribution is 7.17. The number of hydrogen-bond acceptors (Lipinski definition) is 5. The minimum atomic E-state index is -0.347. The molecule has 1 saturated heterocycles. The topological polar surface area (TPSA) is 87.7 Å². The molecule has 1 aliphatic heterocycles. The molecule has 0 atom stereocenters. The highest BCUT2D eigenvalue weighted by Gasteiger charge is 2.28. The molecule has 1 aromatic heterocycles. The number of nitrogens with one attached hydrogen (secondary N) is 2. The number of fused-ring (bicyclic) bond motifs is 1. The number of urea groups is 1. The molecule has 0 saturated carbocycles. The van der Waals surface area contributed by atoms with Crippen LogP contribution in [0.4, 0.5) is 9.80 Å². The van der Waals surface area contributed by atoms with E-state index in [0.29, 0.717) is 36.1 Å². The van der Waals surface area contributed by atoms with E-state index in [9.17, 15) is 14.4 Å². The number of aryl methyl sites for hydroxylation is 1. The first-order chi connectivity index (χ1) is 17.0. The molecule has 2 heterocycles. The van der Waals surface area contributed by atoms with Crippen LogP contribution in [-0.2, 0) is 22.4 Å². The van der Waals surface area contributed by atoms with Crippen molar-refractivity contribution in [2.24, 2.45) is 5.92 Å². The predicted octanol–water partition coefficient (Wildman–Crippen LogP) is 5.91. The minimum absolute atomic E-state index is 0.276. The lowest BCUT2D eigenvalue weighted by molar-refractivity contribution is -0.132. The van der Waals surface area contributed by atoms with E-state index >= 15 is 0 Å². The molecule has 1 fully saturated rings. The van der Waals surface area contributed by atoms with E-state index in [-0.39, 0.29) is 17.9 Å². The third-order valence-electron chi connectivity index (χ3n) is 7.14. The molecule has 196 valence electrons. The number of nitrogens with zero attached hydrogens (tertiary/aromatic N) is 1. The maximum absolute atomic E-state index is 12.7. The Bertz CT molecular complexity index is 846. The van der Waals surface area contributed by atoms with Gasteiger partial charge >= 0.3 is 12.0 Å². The van der Waals surface area contributed by atoms with Crippen molar-refractivity contribution >= 4 is 34.2 Å². The van der Waals surface area contributed by atoms with Crippen LogP contribution in [-0.4, -0.2) is 49.0 Å². The molecule has 8 heteroatoms. The maximum atomic E-state index is 12.7. The summed E-state index contributed by atoms with van der Waals surface area (Å²) in [7, 11) is 0. The average Bonchev–Trinajstić information content (AvgIpc) is 3.23. The lowest BCUT2D eigenvalue weighted by Gasteiger charge is -2.32. The Morgan fingerprint density at radius 2 is 1.71 bits per heavy atom. The molecule has 3 rings (SSSR count). The van der Waals surface area contributed by atoms with E-state index in [1.807, 2.05) is 4.90 Å². The monoisotopic (exact) mass is 505 g/mol. The van der Waals surface area contributed by atoms with Crippen LogP contribution in [0.3, 0.4) is 0 Å². The molecule has 1 aliphatic carbocycles. The Hall–Kier alpha value is -2.09. The number of rotatable bonds is 12. The second kappa shape index (κ2) is 14.5. The number of amides is 3. The van der Waals surface area contributed by atoms with Gasteiger partial charge in [-0.05, 0) is 63.4 Å². The van der Waals surface area contributed by atoms with Gasteiger partial charge in [0.15, 0.2) is 0 Å². The number of unbranched alkanes of at least 4 members (excludes halogenated alkanes) is 5. The number of carbonyl (C=O) groups excluding carboxylic acids is 3. The highest BCUT2D eigenvalue weighted by atomic mass is 32.1. The van der Waals surface area contributed by atoms with Gasteiger partial charge in [0.2, 0.25) is 5.91 Å². The standard InChI is InChI=1S/C27H43N3O4S/c1-3-5-6-7-8-9-14-23(31)30-17-15-20(16-18-30)19-28-27(33)29-25-24(26(32)34-4-2)21-12-10-11-13-22(21)35-25/h20H,3-19H2,1-2H3,(H2,28,29,33). The van der Waals surface area contributed by atoms with Crippen molar-refractivity contribution < 1.29 is 19.1 Å². The molecule has 0 unspecified atom stereocenters. The van der Waals surface area contributed by atoms with Gasteiger partial charge in [0, 0.05) is 30.9 Å². The van der Waals surface area contributed by atoms with Crippen molar-refractivity contribution in [2.45, 2.75) is 97.3 Å². The molecule has 0 radical (unpaired) electrons. The lowest BCUT2D eigenvalue weighted by Crippen LogP contribution is -2.42. The Labute approximate surface area is 214 Å². The molecule has 2 aliphatic rings. The summed E-state index contributed by atoms with van der Waals surface area (Å²) in [5, 5.41) is 6.50. The van der Waals surface area contributed by atoms with Crippen LogP contribution >= 0.6 is 11.3 Å². The Kier molecular flexibility index (Phi) is 11.4. The van der Waals surface area contributed by atoms with Gasteiger partial charge in [-0.25, -0.2) is 9.59 Å². The lowest BCUT2D eigenvalue weighted by atomic mass is 9.95. The third kappa shape index (κ3) is 8.23. The van der Waals surface area contributed by atoms with Gasteiger partial charge in [-0.3, -0.25) is 10.1 Å². The van der Waals surface area contributed by atoms with Crippen molar-refractivity contribution in [3.05, 3.63) is 16.0 Å². The van der Waals surface area contributed by atoms with Gasteiger partial charge in [-0.2, -0.15) is 0 Å². The zero-order valence-electron chi connectivity index (χ0n) is 21.6. The molecule has 3 amide bonds. The van der Waals surface area contributed by atoms with E-state index in [0.717, 1.165) is 70.0 Å². The molecular formula is C27H43N3O4S. The fraction of sp³-hybridized carbons (Fsp3) is 0.741. The van der Waals surface area contributed by atoms with Gasteiger partial charge in [0.25, 0.3) is 0 Å². The number of likely N-dealkylation sites (tertiary alicyclic amines) is 1. The quantitative estimate of drug-likeness (QED) is 0.273. The van der Waals surface area contributed by atoms with Gasteiger partial charge < -0.3 is 15.0 Å². The van der Waals surface area contributed by atoms with Crippen molar-refractivity contribution in [1.82, 2.24) is 10.2 Å². The summed E-state index contributed by atoms with van der Waals surface area (Å²) < 4.78 is 5.27.